The summed E-state index contributed by atoms with van der Waals surface area (Å²) in [6.45, 7) is 3.52. The first kappa shape index (κ1) is 12.6. The lowest BCUT2D eigenvalue weighted by atomic mass is 10.3. The predicted octanol–water partition coefficient (Wildman–Crippen LogP) is 3.64. The highest BCUT2D eigenvalue weighted by molar-refractivity contribution is 7.99. The van der Waals surface area contributed by atoms with E-state index in [2.05, 4.69) is 29.1 Å². The molecule has 100 valence electrons. The molecule has 0 aliphatic carbocycles. The van der Waals surface area contributed by atoms with Gasteiger partial charge >= 0.3 is 0 Å². The molecule has 0 unspecified atom stereocenters. The maximum Gasteiger partial charge on any atom is 0.143 e. The average Bonchev–Trinajstić information content (AvgIpc) is 3.11. The van der Waals surface area contributed by atoms with E-state index in [0.29, 0.717) is 6.61 Å². The van der Waals surface area contributed by atoms with Gasteiger partial charge in [-0.15, -0.1) is 11.8 Å². The molecule has 4 heteroatoms. The molecule has 19 heavy (non-hydrogen) atoms. The standard InChI is InChI=1S/C15H17NO2S/c1-2-17-14-6-4-3-5-13(14)16-8-7-12(11-16)15-18-9-10-19-15/h3-8,11,15H,2,9-10H2,1H3/t15-/m1/s1. The van der Waals surface area contributed by atoms with Crippen LogP contribution in [-0.4, -0.2) is 23.5 Å². The number of rotatable bonds is 4. The first-order valence-electron chi connectivity index (χ1n) is 6.52. The summed E-state index contributed by atoms with van der Waals surface area (Å²) in [4.78, 5) is 0. The highest BCUT2D eigenvalue weighted by Crippen LogP contribution is 2.36. The molecule has 1 saturated heterocycles. The number of hydrogen-bond acceptors (Lipinski definition) is 3. The zero-order valence-electron chi connectivity index (χ0n) is 10.9. The second-order valence-corrected chi connectivity index (χ2v) is 5.50. The zero-order valence-corrected chi connectivity index (χ0v) is 11.7. The van der Waals surface area contributed by atoms with E-state index in [1.54, 1.807) is 0 Å². The van der Waals surface area contributed by atoms with Gasteiger partial charge in [-0.05, 0) is 25.1 Å². The molecule has 1 aliphatic heterocycles. The Morgan fingerprint density at radius 1 is 1.37 bits per heavy atom. The third-order valence-electron chi connectivity index (χ3n) is 3.05. The molecular formula is C15H17NO2S. The van der Waals surface area contributed by atoms with E-state index in [-0.39, 0.29) is 5.44 Å². The molecule has 0 saturated carbocycles. The number of thioether (sulfide) groups is 1. The van der Waals surface area contributed by atoms with Gasteiger partial charge in [0.1, 0.15) is 11.2 Å². The summed E-state index contributed by atoms with van der Waals surface area (Å²) < 4.78 is 13.5. The van der Waals surface area contributed by atoms with Gasteiger partial charge in [0.05, 0.1) is 18.9 Å². The Morgan fingerprint density at radius 3 is 3.05 bits per heavy atom. The maximum atomic E-state index is 5.68. The van der Waals surface area contributed by atoms with Gasteiger partial charge in [-0.3, -0.25) is 0 Å². The van der Waals surface area contributed by atoms with Crippen molar-refractivity contribution in [1.29, 1.82) is 0 Å². The Kier molecular flexibility index (Phi) is 3.80. The molecule has 2 aromatic rings. The fourth-order valence-electron chi connectivity index (χ4n) is 2.20. The van der Waals surface area contributed by atoms with Crippen molar-refractivity contribution in [2.24, 2.45) is 0 Å². The molecule has 0 bridgehead atoms. The lowest BCUT2D eigenvalue weighted by molar-refractivity contribution is 0.145. The molecule has 2 heterocycles. The van der Waals surface area contributed by atoms with Crippen LogP contribution in [0.3, 0.4) is 0 Å². The fraction of sp³-hybridized carbons (Fsp3) is 0.333. The van der Waals surface area contributed by atoms with Crippen molar-refractivity contribution in [2.75, 3.05) is 19.0 Å². The lowest BCUT2D eigenvalue weighted by Gasteiger charge is -2.11. The van der Waals surface area contributed by atoms with Crippen molar-refractivity contribution in [3.05, 3.63) is 48.3 Å². The van der Waals surface area contributed by atoms with Crippen LogP contribution in [0, 0.1) is 0 Å². The van der Waals surface area contributed by atoms with E-state index in [4.69, 9.17) is 9.47 Å². The Morgan fingerprint density at radius 2 is 2.26 bits per heavy atom. The second-order valence-electron chi connectivity index (χ2n) is 4.33. The Bertz CT molecular complexity index is 547. The van der Waals surface area contributed by atoms with Gasteiger partial charge in [-0.1, -0.05) is 12.1 Å². The highest BCUT2D eigenvalue weighted by Gasteiger charge is 2.19. The topological polar surface area (TPSA) is 23.4 Å². The molecule has 1 fully saturated rings. The van der Waals surface area contributed by atoms with Crippen LogP contribution in [0.2, 0.25) is 0 Å². The van der Waals surface area contributed by atoms with E-state index in [1.165, 1.54) is 5.56 Å². The summed E-state index contributed by atoms with van der Waals surface area (Å²) in [5.74, 6) is 1.98. The first-order valence-corrected chi connectivity index (χ1v) is 7.56. The third-order valence-corrected chi connectivity index (χ3v) is 4.17. The van der Waals surface area contributed by atoms with Gasteiger partial charge < -0.3 is 14.0 Å². The predicted molar refractivity (Wildman–Crippen MR) is 78.1 cm³/mol. The minimum Gasteiger partial charge on any atom is -0.492 e. The molecular weight excluding hydrogens is 258 g/mol. The fourth-order valence-corrected chi connectivity index (χ4v) is 3.13. The van der Waals surface area contributed by atoms with Crippen molar-refractivity contribution in [1.82, 2.24) is 4.57 Å². The molecule has 0 N–H and O–H groups in total. The number of nitrogens with zero attached hydrogens (tertiary/aromatic N) is 1. The second kappa shape index (κ2) is 5.72. The largest absolute Gasteiger partial charge is 0.492 e. The van der Waals surface area contributed by atoms with Gasteiger partial charge in [-0.25, -0.2) is 0 Å². The molecule has 1 aromatic carbocycles. The molecule has 0 radical (unpaired) electrons. The van der Waals surface area contributed by atoms with Gasteiger partial charge in [0.15, 0.2) is 0 Å². The van der Waals surface area contributed by atoms with Crippen molar-refractivity contribution in [3.63, 3.8) is 0 Å². The first-order chi connectivity index (χ1) is 9.38. The van der Waals surface area contributed by atoms with Crippen LogP contribution in [-0.2, 0) is 4.74 Å². The third kappa shape index (κ3) is 2.65. The van der Waals surface area contributed by atoms with Crippen LogP contribution in [0.25, 0.3) is 5.69 Å². The van der Waals surface area contributed by atoms with Crippen LogP contribution >= 0.6 is 11.8 Å². The number of para-hydroxylation sites is 2. The molecule has 0 amide bonds. The summed E-state index contributed by atoms with van der Waals surface area (Å²) in [6.07, 6.45) is 4.19. The minimum absolute atomic E-state index is 0.181. The maximum absolute atomic E-state index is 5.68. The lowest BCUT2D eigenvalue weighted by Crippen LogP contribution is -1.98. The monoisotopic (exact) mass is 275 g/mol. The van der Waals surface area contributed by atoms with Crippen molar-refractivity contribution >= 4 is 11.8 Å². The number of hydrogen-bond donors (Lipinski definition) is 0. The van der Waals surface area contributed by atoms with Crippen LogP contribution in [0.15, 0.2) is 42.7 Å². The summed E-state index contributed by atoms with van der Waals surface area (Å²) >= 11 is 1.85. The van der Waals surface area contributed by atoms with Gasteiger partial charge in [0.2, 0.25) is 0 Å². The quantitative estimate of drug-likeness (QED) is 0.851. The van der Waals surface area contributed by atoms with Crippen molar-refractivity contribution in [2.45, 2.75) is 12.4 Å². The molecule has 3 nitrogen and oxygen atoms in total. The van der Waals surface area contributed by atoms with Crippen LogP contribution in [0.4, 0.5) is 0 Å². The van der Waals surface area contributed by atoms with Crippen LogP contribution < -0.4 is 4.74 Å². The van der Waals surface area contributed by atoms with Crippen LogP contribution in [0.5, 0.6) is 5.75 Å². The van der Waals surface area contributed by atoms with Gasteiger partial charge in [0.25, 0.3) is 0 Å². The Labute approximate surface area is 117 Å². The summed E-state index contributed by atoms with van der Waals surface area (Å²) in [5, 5.41) is 0. The molecule has 0 spiro atoms. The van der Waals surface area contributed by atoms with Gasteiger partial charge in [0, 0.05) is 23.7 Å². The Balaban J connectivity index is 1.89. The summed E-state index contributed by atoms with van der Waals surface area (Å²) in [7, 11) is 0. The number of ether oxygens (including phenoxy) is 2. The molecule has 3 rings (SSSR count). The smallest absolute Gasteiger partial charge is 0.143 e. The van der Waals surface area contributed by atoms with E-state index in [0.717, 1.165) is 23.8 Å². The van der Waals surface area contributed by atoms with E-state index in [9.17, 15) is 0 Å². The molecule has 1 aromatic heterocycles. The van der Waals surface area contributed by atoms with E-state index in [1.807, 2.05) is 36.9 Å². The van der Waals surface area contributed by atoms with Crippen LogP contribution in [0.1, 0.15) is 17.9 Å². The normalized spacial score (nSPS) is 18.7. The highest BCUT2D eigenvalue weighted by atomic mass is 32.2. The van der Waals surface area contributed by atoms with Crippen molar-refractivity contribution < 1.29 is 9.47 Å². The number of aromatic nitrogens is 1. The van der Waals surface area contributed by atoms with Gasteiger partial charge in [-0.2, -0.15) is 0 Å². The number of benzene rings is 1. The van der Waals surface area contributed by atoms with Crippen molar-refractivity contribution in [3.8, 4) is 11.4 Å². The van der Waals surface area contributed by atoms with E-state index < -0.39 is 0 Å². The SMILES string of the molecule is CCOc1ccccc1-n1ccc([C@@H]2OCCS2)c1. The minimum atomic E-state index is 0.181. The van der Waals surface area contributed by atoms with E-state index >= 15 is 0 Å². The summed E-state index contributed by atoms with van der Waals surface area (Å²) in [6, 6.07) is 10.2. The summed E-state index contributed by atoms with van der Waals surface area (Å²) in [5.41, 5.74) is 2.47. The molecule has 1 aliphatic rings. The zero-order chi connectivity index (χ0) is 13.1. The Hall–Kier alpha value is -1.39. The molecule has 1 atom stereocenters. The average molecular weight is 275 g/mol.